The molecular formula is C13H16ClNO4. The summed E-state index contributed by atoms with van der Waals surface area (Å²) in [5.74, 6) is -1.01. The van der Waals surface area contributed by atoms with Crippen LogP contribution in [0.15, 0.2) is 18.2 Å². The molecule has 0 unspecified atom stereocenters. The molecule has 0 aliphatic rings. The van der Waals surface area contributed by atoms with Crippen LogP contribution in [0.5, 0.6) is 5.75 Å². The number of carboxylic acid groups (broad SMARTS) is 1. The second kappa shape index (κ2) is 6.99. The second-order valence-electron chi connectivity index (χ2n) is 4.07. The maximum absolute atomic E-state index is 11.5. The molecule has 1 aromatic carbocycles. The summed E-state index contributed by atoms with van der Waals surface area (Å²) in [6.45, 7) is 3.28. The van der Waals surface area contributed by atoms with E-state index in [1.54, 1.807) is 25.1 Å². The van der Waals surface area contributed by atoms with Crippen molar-refractivity contribution in [2.45, 2.75) is 26.3 Å². The molecule has 0 aliphatic carbocycles. The average Bonchev–Trinajstić information content (AvgIpc) is 2.37. The highest BCUT2D eigenvalue weighted by Gasteiger charge is 2.17. The van der Waals surface area contributed by atoms with Crippen LogP contribution in [0.1, 0.15) is 18.9 Å². The molecule has 6 heteroatoms. The fraction of sp³-hybridized carbons (Fsp3) is 0.385. The lowest BCUT2D eigenvalue weighted by Crippen LogP contribution is -2.42. The molecule has 0 spiro atoms. The number of amides is 1. The molecule has 0 aromatic heterocycles. The Morgan fingerprint density at radius 3 is 2.68 bits per heavy atom. The van der Waals surface area contributed by atoms with Gasteiger partial charge in [-0.05, 0) is 37.1 Å². The number of rotatable bonds is 6. The number of halogens is 1. The van der Waals surface area contributed by atoms with Gasteiger partial charge >= 0.3 is 5.97 Å². The minimum absolute atomic E-state index is 0.231. The van der Waals surface area contributed by atoms with Gasteiger partial charge in [0.1, 0.15) is 11.8 Å². The molecular weight excluding hydrogens is 270 g/mol. The molecule has 2 N–H and O–H groups in total. The van der Waals surface area contributed by atoms with Crippen molar-refractivity contribution in [2.24, 2.45) is 0 Å². The van der Waals surface area contributed by atoms with E-state index >= 15 is 0 Å². The first-order valence-corrected chi connectivity index (χ1v) is 6.23. The Hall–Kier alpha value is -1.75. The number of hydrogen-bond donors (Lipinski definition) is 2. The van der Waals surface area contributed by atoms with E-state index in [9.17, 15) is 9.59 Å². The molecule has 1 aromatic rings. The molecule has 0 bridgehead atoms. The Bertz CT molecular complexity index is 476. The number of hydrogen-bond acceptors (Lipinski definition) is 3. The highest BCUT2D eigenvalue weighted by Crippen LogP contribution is 2.20. The van der Waals surface area contributed by atoms with Gasteiger partial charge in [-0.1, -0.05) is 18.5 Å². The zero-order chi connectivity index (χ0) is 14.4. The average molecular weight is 286 g/mol. The Kier molecular flexibility index (Phi) is 5.63. The lowest BCUT2D eigenvalue weighted by molar-refractivity contribution is -0.142. The number of nitrogens with one attached hydrogen (secondary N) is 1. The molecule has 0 heterocycles. The van der Waals surface area contributed by atoms with E-state index in [1.165, 1.54) is 0 Å². The van der Waals surface area contributed by atoms with Crippen LogP contribution >= 0.6 is 11.6 Å². The molecule has 1 atom stereocenters. The lowest BCUT2D eigenvalue weighted by Gasteiger charge is -2.13. The Balaban J connectivity index is 2.49. The number of aryl methyl sites for hydroxylation is 1. The van der Waals surface area contributed by atoms with E-state index in [1.807, 2.05) is 6.92 Å². The fourth-order valence-electron chi connectivity index (χ4n) is 1.43. The van der Waals surface area contributed by atoms with Crippen molar-refractivity contribution in [3.8, 4) is 5.75 Å². The van der Waals surface area contributed by atoms with Crippen LogP contribution in [0, 0.1) is 6.92 Å². The standard InChI is InChI=1S/C13H16ClNO4/c1-3-11(13(17)18)15-12(16)7-19-9-4-5-10(14)8(2)6-9/h4-6,11H,3,7H2,1-2H3,(H,15,16)(H,17,18)/t11-/m1/s1. The summed E-state index contributed by atoms with van der Waals surface area (Å²) in [7, 11) is 0. The van der Waals surface area contributed by atoms with Gasteiger partial charge in [0, 0.05) is 5.02 Å². The number of benzene rings is 1. The Morgan fingerprint density at radius 2 is 2.16 bits per heavy atom. The van der Waals surface area contributed by atoms with Crippen molar-refractivity contribution in [2.75, 3.05) is 6.61 Å². The summed E-state index contributed by atoms with van der Waals surface area (Å²) in [6, 6.07) is 4.15. The van der Waals surface area contributed by atoms with Crippen LogP contribution in [0.3, 0.4) is 0 Å². The maximum Gasteiger partial charge on any atom is 0.326 e. The second-order valence-corrected chi connectivity index (χ2v) is 4.47. The normalized spacial score (nSPS) is 11.7. The van der Waals surface area contributed by atoms with Gasteiger partial charge in [0.15, 0.2) is 6.61 Å². The van der Waals surface area contributed by atoms with E-state index in [-0.39, 0.29) is 6.61 Å². The minimum atomic E-state index is -1.06. The number of aliphatic carboxylic acids is 1. The van der Waals surface area contributed by atoms with E-state index in [0.29, 0.717) is 17.2 Å². The van der Waals surface area contributed by atoms with E-state index in [0.717, 1.165) is 5.56 Å². The maximum atomic E-state index is 11.5. The third kappa shape index (κ3) is 4.79. The first-order valence-electron chi connectivity index (χ1n) is 5.85. The lowest BCUT2D eigenvalue weighted by atomic mass is 10.2. The van der Waals surface area contributed by atoms with Crippen LogP contribution in [0.2, 0.25) is 5.02 Å². The molecule has 5 nitrogen and oxygen atoms in total. The zero-order valence-corrected chi connectivity index (χ0v) is 11.5. The number of ether oxygens (including phenoxy) is 1. The van der Waals surface area contributed by atoms with Crippen molar-refractivity contribution in [3.63, 3.8) is 0 Å². The molecule has 1 rings (SSSR count). The highest BCUT2D eigenvalue weighted by molar-refractivity contribution is 6.31. The van der Waals surface area contributed by atoms with Gasteiger partial charge in [-0.2, -0.15) is 0 Å². The molecule has 0 radical (unpaired) electrons. The first kappa shape index (κ1) is 15.3. The van der Waals surface area contributed by atoms with Gasteiger partial charge in [-0.25, -0.2) is 4.79 Å². The van der Waals surface area contributed by atoms with Crippen LogP contribution in [0.25, 0.3) is 0 Å². The van der Waals surface area contributed by atoms with Crippen LogP contribution < -0.4 is 10.1 Å². The fourth-order valence-corrected chi connectivity index (χ4v) is 1.55. The molecule has 0 aliphatic heterocycles. The molecule has 19 heavy (non-hydrogen) atoms. The number of carboxylic acids is 1. The summed E-state index contributed by atoms with van der Waals surface area (Å²) < 4.78 is 5.27. The third-order valence-corrected chi connectivity index (χ3v) is 2.96. The summed E-state index contributed by atoms with van der Waals surface area (Å²) >= 11 is 5.87. The quantitative estimate of drug-likeness (QED) is 0.838. The summed E-state index contributed by atoms with van der Waals surface area (Å²) in [5.41, 5.74) is 0.844. The summed E-state index contributed by atoms with van der Waals surface area (Å²) in [4.78, 5) is 22.3. The smallest absolute Gasteiger partial charge is 0.326 e. The van der Waals surface area contributed by atoms with Crippen molar-refractivity contribution in [1.82, 2.24) is 5.32 Å². The highest BCUT2D eigenvalue weighted by atomic mass is 35.5. The molecule has 0 saturated heterocycles. The van der Waals surface area contributed by atoms with Crippen molar-refractivity contribution >= 4 is 23.5 Å². The summed E-state index contributed by atoms with van der Waals surface area (Å²) in [6.07, 6.45) is 0.321. The molecule has 1 amide bonds. The summed E-state index contributed by atoms with van der Waals surface area (Å²) in [5, 5.41) is 11.8. The van der Waals surface area contributed by atoms with Gasteiger partial charge < -0.3 is 15.2 Å². The predicted molar refractivity (Wildman–Crippen MR) is 71.5 cm³/mol. The number of carbonyl (C=O) groups is 2. The first-order chi connectivity index (χ1) is 8.93. The third-order valence-electron chi connectivity index (χ3n) is 2.54. The molecule has 0 saturated carbocycles. The Labute approximate surface area is 116 Å². The monoisotopic (exact) mass is 285 g/mol. The van der Waals surface area contributed by atoms with Crippen molar-refractivity contribution < 1.29 is 19.4 Å². The van der Waals surface area contributed by atoms with Gasteiger partial charge in [-0.3, -0.25) is 4.79 Å². The van der Waals surface area contributed by atoms with Gasteiger partial charge in [0.05, 0.1) is 0 Å². The van der Waals surface area contributed by atoms with Crippen LogP contribution in [0.4, 0.5) is 0 Å². The molecule has 104 valence electrons. The van der Waals surface area contributed by atoms with Gasteiger partial charge in [0.2, 0.25) is 0 Å². The van der Waals surface area contributed by atoms with Crippen molar-refractivity contribution in [1.29, 1.82) is 0 Å². The number of carbonyl (C=O) groups excluding carboxylic acids is 1. The van der Waals surface area contributed by atoms with Crippen molar-refractivity contribution in [3.05, 3.63) is 28.8 Å². The van der Waals surface area contributed by atoms with Crippen LogP contribution in [-0.2, 0) is 9.59 Å². The van der Waals surface area contributed by atoms with E-state index in [2.05, 4.69) is 5.32 Å². The minimum Gasteiger partial charge on any atom is -0.484 e. The predicted octanol–water partition coefficient (Wildman–Crippen LogP) is 2.01. The Morgan fingerprint density at radius 1 is 1.47 bits per heavy atom. The van der Waals surface area contributed by atoms with E-state index in [4.69, 9.17) is 21.4 Å². The topological polar surface area (TPSA) is 75.6 Å². The van der Waals surface area contributed by atoms with Crippen LogP contribution in [-0.4, -0.2) is 29.6 Å². The molecule has 0 fully saturated rings. The largest absolute Gasteiger partial charge is 0.484 e. The zero-order valence-electron chi connectivity index (χ0n) is 10.8. The SMILES string of the molecule is CC[C@@H](NC(=O)COc1ccc(Cl)c(C)c1)C(=O)O. The van der Waals surface area contributed by atoms with Gasteiger partial charge in [-0.15, -0.1) is 0 Å². The van der Waals surface area contributed by atoms with Gasteiger partial charge in [0.25, 0.3) is 5.91 Å². The van der Waals surface area contributed by atoms with E-state index < -0.39 is 17.9 Å².